The molecule has 6 heteroatoms. The summed E-state index contributed by atoms with van der Waals surface area (Å²) in [5.41, 5.74) is 1.28. The zero-order valence-corrected chi connectivity index (χ0v) is 19.3. The van der Waals surface area contributed by atoms with Gasteiger partial charge in [-0.05, 0) is 86.7 Å². The van der Waals surface area contributed by atoms with Gasteiger partial charge in [0.15, 0.2) is 11.5 Å². The molecule has 5 nitrogen and oxygen atoms in total. The number of hydrogen-bond acceptors (Lipinski definition) is 4. The molecule has 0 aliphatic carbocycles. The summed E-state index contributed by atoms with van der Waals surface area (Å²) in [5.74, 6) is 1.11. The van der Waals surface area contributed by atoms with Crippen molar-refractivity contribution < 1.29 is 14.3 Å². The van der Waals surface area contributed by atoms with Crippen molar-refractivity contribution in [2.75, 3.05) is 25.6 Å². The highest BCUT2D eigenvalue weighted by atomic mass is 127. The second-order valence-corrected chi connectivity index (χ2v) is 8.35. The summed E-state index contributed by atoms with van der Waals surface area (Å²) in [6.45, 7) is 10.1. The van der Waals surface area contributed by atoms with Crippen LogP contribution in [0, 0.1) is 3.57 Å². The van der Waals surface area contributed by atoms with Crippen molar-refractivity contribution in [3.63, 3.8) is 0 Å². The normalized spacial score (nSPS) is 11.2. The molecule has 152 valence electrons. The number of benzene rings is 2. The lowest BCUT2D eigenvalue weighted by molar-refractivity contribution is 0.102. The quantitative estimate of drug-likeness (QED) is 0.494. The predicted octanol–water partition coefficient (Wildman–Crippen LogP) is 5.05. The van der Waals surface area contributed by atoms with Crippen LogP contribution >= 0.6 is 22.6 Å². The fraction of sp³-hybridized carbons (Fsp3) is 0.409. The second kappa shape index (κ2) is 10.7. The molecule has 0 atom stereocenters. The van der Waals surface area contributed by atoms with Crippen LogP contribution in [0.1, 0.15) is 38.1 Å². The van der Waals surface area contributed by atoms with Gasteiger partial charge in [-0.15, -0.1) is 0 Å². The van der Waals surface area contributed by atoms with Crippen LogP contribution in [0.15, 0.2) is 42.5 Å². The van der Waals surface area contributed by atoms with Crippen molar-refractivity contribution in [2.45, 2.75) is 39.8 Å². The molecule has 1 N–H and O–H groups in total. The first-order valence-corrected chi connectivity index (χ1v) is 10.5. The van der Waals surface area contributed by atoms with E-state index in [9.17, 15) is 4.79 Å². The maximum atomic E-state index is 12.5. The van der Waals surface area contributed by atoms with E-state index >= 15 is 0 Å². The topological polar surface area (TPSA) is 50.8 Å². The molecule has 28 heavy (non-hydrogen) atoms. The molecular formula is C22H29IN2O3. The van der Waals surface area contributed by atoms with Gasteiger partial charge >= 0.3 is 0 Å². The maximum Gasteiger partial charge on any atom is 0.255 e. The first kappa shape index (κ1) is 22.5. The van der Waals surface area contributed by atoms with Crippen LogP contribution in [0.3, 0.4) is 0 Å². The Morgan fingerprint density at radius 2 is 1.68 bits per heavy atom. The van der Waals surface area contributed by atoms with E-state index in [-0.39, 0.29) is 5.91 Å². The molecule has 1 amide bonds. The van der Waals surface area contributed by atoms with Gasteiger partial charge in [0.2, 0.25) is 0 Å². The highest BCUT2D eigenvalue weighted by Crippen LogP contribution is 2.30. The molecule has 0 heterocycles. The summed E-state index contributed by atoms with van der Waals surface area (Å²) in [6.07, 6.45) is 0. The van der Waals surface area contributed by atoms with Crippen molar-refractivity contribution in [1.29, 1.82) is 0 Å². The summed E-state index contributed by atoms with van der Waals surface area (Å²) in [6, 6.07) is 13.8. The molecule has 0 saturated heterocycles. The van der Waals surface area contributed by atoms with E-state index in [0.29, 0.717) is 41.4 Å². The lowest BCUT2D eigenvalue weighted by Crippen LogP contribution is -2.39. The fourth-order valence-corrected chi connectivity index (χ4v) is 3.41. The molecule has 0 bridgehead atoms. The van der Waals surface area contributed by atoms with Crippen molar-refractivity contribution in [3.05, 3.63) is 51.6 Å². The van der Waals surface area contributed by atoms with Gasteiger partial charge in [-0.2, -0.15) is 0 Å². The van der Waals surface area contributed by atoms with Gasteiger partial charge in [0.25, 0.3) is 5.91 Å². The first-order chi connectivity index (χ1) is 13.3. The van der Waals surface area contributed by atoms with Crippen LogP contribution in [-0.4, -0.2) is 43.2 Å². The van der Waals surface area contributed by atoms with Crippen LogP contribution in [0.2, 0.25) is 0 Å². The third-order valence-electron chi connectivity index (χ3n) is 4.46. The minimum Gasteiger partial charge on any atom is -0.493 e. The molecule has 0 aliphatic heterocycles. The van der Waals surface area contributed by atoms with E-state index in [1.54, 1.807) is 13.2 Å². The van der Waals surface area contributed by atoms with E-state index in [1.165, 1.54) is 0 Å². The van der Waals surface area contributed by atoms with Gasteiger partial charge in [0.1, 0.15) is 6.61 Å². The predicted molar refractivity (Wildman–Crippen MR) is 123 cm³/mol. The molecule has 0 aliphatic rings. The molecule has 0 radical (unpaired) electrons. The number of nitrogens with zero attached hydrogens (tertiary/aromatic N) is 1. The largest absolute Gasteiger partial charge is 0.493 e. The van der Waals surface area contributed by atoms with Crippen molar-refractivity contribution in [3.8, 4) is 11.5 Å². The van der Waals surface area contributed by atoms with Crippen molar-refractivity contribution >= 4 is 34.2 Å². The number of amides is 1. The van der Waals surface area contributed by atoms with E-state index in [2.05, 4.69) is 60.5 Å². The van der Waals surface area contributed by atoms with E-state index in [0.717, 1.165) is 10.1 Å². The monoisotopic (exact) mass is 496 g/mol. The second-order valence-electron chi connectivity index (χ2n) is 7.10. The zero-order chi connectivity index (χ0) is 20.7. The Hall–Kier alpha value is -1.80. The third-order valence-corrected chi connectivity index (χ3v) is 5.18. The van der Waals surface area contributed by atoms with Gasteiger partial charge in [0, 0.05) is 39.5 Å². The SMILES string of the molecule is COc1ccc(NC(=O)c2ccc(I)cc2)cc1OCCN(C(C)C)C(C)C. The highest BCUT2D eigenvalue weighted by Gasteiger charge is 2.14. The molecule has 2 rings (SSSR count). The summed E-state index contributed by atoms with van der Waals surface area (Å²) in [5, 5.41) is 2.92. The molecule has 0 saturated carbocycles. The van der Waals surface area contributed by atoms with E-state index in [1.807, 2.05) is 36.4 Å². The number of ether oxygens (including phenoxy) is 2. The molecule has 2 aromatic rings. The van der Waals surface area contributed by atoms with Gasteiger partial charge in [-0.3, -0.25) is 9.69 Å². The van der Waals surface area contributed by atoms with Gasteiger partial charge < -0.3 is 14.8 Å². The Balaban J connectivity index is 2.06. The molecular weight excluding hydrogens is 467 g/mol. The first-order valence-electron chi connectivity index (χ1n) is 9.45. The summed E-state index contributed by atoms with van der Waals surface area (Å²) >= 11 is 2.22. The van der Waals surface area contributed by atoms with Crippen LogP contribution in [-0.2, 0) is 0 Å². The Morgan fingerprint density at radius 1 is 1.04 bits per heavy atom. The summed E-state index contributed by atoms with van der Waals surface area (Å²) in [7, 11) is 1.61. The summed E-state index contributed by atoms with van der Waals surface area (Å²) < 4.78 is 12.5. The zero-order valence-electron chi connectivity index (χ0n) is 17.2. The fourth-order valence-electron chi connectivity index (χ4n) is 3.05. The van der Waals surface area contributed by atoms with Crippen LogP contribution < -0.4 is 14.8 Å². The molecule has 0 fully saturated rings. The van der Waals surface area contributed by atoms with Gasteiger partial charge in [0.05, 0.1) is 7.11 Å². The van der Waals surface area contributed by atoms with E-state index in [4.69, 9.17) is 9.47 Å². The Bertz CT molecular complexity index is 768. The number of rotatable bonds is 9. The number of carbonyl (C=O) groups is 1. The Labute approximate surface area is 181 Å². The van der Waals surface area contributed by atoms with Crippen molar-refractivity contribution in [2.24, 2.45) is 0 Å². The van der Waals surface area contributed by atoms with Crippen LogP contribution in [0.5, 0.6) is 11.5 Å². The van der Waals surface area contributed by atoms with Crippen LogP contribution in [0.25, 0.3) is 0 Å². The minimum absolute atomic E-state index is 0.154. The number of methoxy groups -OCH3 is 1. The average molecular weight is 496 g/mol. The molecule has 0 spiro atoms. The maximum absolute atomic E-state index is 12.5. The lowest BCUT2D eigenvalue weighted by atomic mass is 10.2. The highest BCUT2D eigenvalue weighted by molar-refractivity contribution is 14.1. The lowest BCUT2D eigenvalue weighted by Gasteiger charge is -2.30. The number of anilines is 1. The molecule has 0 unspecified atom stereocenters. The molecule has 0 aromatic heterocycles. The standard InChI is InChI=1S/C22H29IN2O3/c1-15(2)25(16(3)4)12-13-28-21-14-19(10-11-20(21)27-5)24-22(26)17-6-8-18(23)9-7-17/h6-11,14-16H,12-13H2,1-5H3,(H,24,26). The van der Waals surface area contributed by atoms with Gasteiger partial charge in [-0.1, -0.05) is 0 Å². The number of halogens is 1. The number of nitrogens with one attached hydrogen (secondary N) is 1. The summed E-state index contributed by atoms with van der Waals surface area (Å²) in [4.78, 5) is 14.8. The number of hydrogen-bond donors (Lipinski definition) is 1. The minimum atomic E-state index is -0.154. The molecule has 2 aromatic carbocycles. The van der Waals surface area contributed by atoms with Crippen LogP contribution in [0.4, 0.5) is 5.69 Å². The smallest absolute Gasteiger partial charge is 0.255 e. The number of carbonyl (C=O) groups excluding carboxylic acids is 1. The van der Waals surface area contributed by atoms with Gasteiger partial charge in [-0.25, -0.2) is 0 Å². The Morgan fingerprint density at radius 3 is 2.25 bits per heavy atom. The van der Waals surface area contributed by atoms with E-state index < -0.39 is 0 Å². The van der Waals surface area contributed by atoms with Crippen molar-refractivity contribution in [1.82, 2.24) is 4.90 Å². The average Bonchev–Trinajstić information content (AvgIpc) is 2.65. The third kappa shape index (κ3) is 6.38. The Kier molecular flexibility index (Phi) is 8.57.